The minimum absolute atomic E-state index is 0.0772. The average molecular weight is 1130 g/mol. The second-order valence-corrected chi connectivity index (χ2v) is 33.0. The van der Waals surface area contributed by atoms with Gasteiger partial charge in [0.25, 0.3) is 0 Å². The van der Waals surface area contributed by atoms with Gasteiger partial charge in [-0.2, -0.15) is 0 Å². The summed E-state index contributed by atoms with van der Waals surface area (Å²) in [4.78, 5) is 74.0. The number of unbranched alkanes of at least 4 members (excludes halogenated alkanes) is 26. The van der Waals surface area contributed by atoms with Crippen molar-refractivity contribution < 1.29 is 79.9 Å². The quantitative estimate of drug-likeness (QED) is 0.0144. The molecule has 0 bridgehead atoms. The molecule has 0 fully saturated rings. The Morgan fingerprint density at radius 2 is 0.543 bits per heavy atom. The number of phosphoric acid groups is 3. The van der Waals surface area contributed by atoms with E-state index in [1.807, 2.05) is 63.4 Å². The van der Waals surface area contributed by atoms with Crippen molar-refractivity contribution in [2.24, 2.45) is 0 Å². The van der Waals surface area contributed by atoms with Crippen molar-refractivity contribution in [2.75, 3.05) is 114 Å². The molecule has 0 aliphatic carbocycles. The Labute approximate surface area is 437 Å². The van der Waals surface area contributed by atoms with Gasteiger partial charge in [-0.3, -0.25) is 13.6 Å². The van der Waals surface area contributed by atoms with Crippen LogP contribution >= 0.6 is 29.2 Å². The van der Waals surface area contributed by atoms with E-state index in [0.717, 1.165) is 24.3 Å². The molecule has 6 N–H and O–H groups in total. The fraction of sp³-hybridized carbons (Fsp3) is 1.00. The summed E-state index contributed by atoms with van der Waals surface area (Å²) in [5.41, 5.74) is -3.59. The molecule has 70 heavy (non-hydrogen) atoms. The Balaban J connectivity index is -0.000000528. The van der Waals surface area contributed by atoms with E-state index in [2.05, 4.69) is 27.4 Å². The molecule has 430 valence electrons. The average Bonchev–Trinajstić information content (AvgIpc) is 3.17. The molecule has 0 aliphatic rings. The second kappa shape index (κ2) is 46.4. The van der Waals surface area contributed by atoms with Gasteiger partial charge in [-0.25, -0.2) is 23.8 Å². The number of likely N-dealkylation sites (N-methyl/N-ethyl adjacent to an activating group) is 3. The van der Waals surface area contributed by atoms with E-state index >= 15 is 0 Å². The molecule has 0 radical (unpaired) electrons. The van der Waals surface area contributed by atoms with Crippen molar-refractivity contribution in [3.8, 4) is 0 Å². The predicted molar refractivity (Wildman–Crippen MR) is 295 cm³/mol. The van der Waals surface area contributed by atoms with Crippen molar-refractivity contribution in [1.29, 1.82) is 0 Å². The van der Waals surface area contributed by atoms with Crippen LogP contribution in [0.3, 0.4) is 0 Å². The first-order valence-corrected chi connectivity index (χ1v) is 35.8. The number of nitrogens with zero attached hydrogens (tertiary/aromatic N) is 3. The molecule has 17 nitrogen and oxygen atoms in total. The molecule has 0 atom stereocenters. The van der Waals surface area contributed by atoms with Crippen molar-refractivity contribution in [3.05, 3.63) is 0 Å². The number of phosphoric ester groups is 3. The molecule has 0 saturated heterocycles. The van der Waals surface area contributed by atoms with Crippen molar-refractivity contribution in [3.63, 3.8) is 0 Å². The van der Waals surface area contributed by atoms with Gasteiger partial charge < -0.3 is 70.5 Å². The summed E-state index contributed by atoms with van der Waals surface area (Å²) in [5, 5.41) is 0. The summed E-state index contributed by atoms with van der Waals surface area (Å²) in [6.45, 7) is 6.51. The molecule has 0 heterocycles. The molecule has 0 aromatic rings. The minimum Gasteiger partial charge on any atom is -0.854 e. The zero-order chi connectivity index (χ0) is 54.7. The summed E-state index contributed by atoms with van der Waals surface area (Å²) in [6.07, 6.45) is 37.5. The van der Waals surface area contributed by atoms with Gasteiger partial charge in [0, 0.05) is 0 Å². The maximum absolute atomic E-state index is 12.1. The van der Waals surface area contributed by atoms with Crippen molar-refractivity contribution in [1.82, 2.24) is 0 Å². The fourth-order valence-electron chi connectivity index (χ4n) is 6.55. The highest BCUT2D eigenvalue weighted by atomic mass is 32.9. The molecule has 0 saturated carbocycles. The molecule has 23 heteroatoms. The van der Waals surface area contributed by atoms with Crippen LogP contribution in [0.4, 0.5) is 0 Å². The van der Waals surface area contributed by atoms with E-state index in [1.54, 1.807) is 0 Å². The second-order valence-electron chi connectivity index (χ2n) is 21.5. The Hall–Kier alpha value is 1.26. The highest BCUT2D eigenvalue weighted by Gasteiger charge is 2.18. The van der Waals surface area contributed by atoms with E-state index in [9.17, 15) is 23.5 Å². The van der Waals surface area contributed by atoms with E-state index in [-0.39, 0.29) is 19.8 Å². The summed E-state index contributed by atoms with van der Waals surface area (Å²) in [5.74, 6) is 1.64. The molecule has 0 spiro atoms. The van der Waals surface area contributed by atoms with Crippen LogP contribution < -0.4 is 9.79 Å². The molecular weight excluding hydrogens is 1020 g/mol. The molecule has 0 aliphatic heterocycles. The predicted octanol–water partition coefficient (Wildman–Crippen LogP) is 9.92. The first kappa shape index (κ1) is 77.8. The fourth-order valence-corrected chi connectivity index (χ4v) is 12.7. The van der Waals surface area contributed by atoms with E-state index in [0.29, 0.717) is 33.1 Å². The van der Waals surface area contributed by atoms with Crippen LogP contribution in [0.25, 0.3) is 0 Å². The number of rotatable bonds is 42. The van der Waals surface area contributed by atoms with Gasteiger partial charge in [0.2, 0.25) is 0 Å². The summed E-state index contributed by atoms with van der Waals surface area (Å²) in [7, 11) is 3.93. The van der Waals surface area contributed by atoms with E-state index in [1.165, 1.54) is 167 Å². The molecular formula is C47H111N3O14P4S2. The smallest absolute Gasteiger partial charge is 0.469 e. The first-order chi connectivity index (χ1) is 32.1. The molecule has 0 aromatic heterocycles. The van der Waals surface area contributed by atoms with Gasteiger partial charge in [-0.05, 0) is 24.3 Å². The standard InChI is InChI=1S/C32H66O2PS2.3C5H14NO4P/c1-3-5-7-9-11-13-15-17-19-21-23-25-27-29-31-37(35(33,34)36)32-30-28-26-24-22-20-18-16-14-12-10-8-6-4-2;3*1-6(2,3)4-5-10-11(7,8)9/h3-32H2,1-2H3;3*4-5H2,1-3H3,(H-,7,8,9)/q-3;;;/p+3. The van der Waals surface area contributed by atoms with Gasteiger partial charge in [0.05, 0.1) is 63.4 Å². The maximum Gasteiger partial charge on any atom is 0.469 e. The van der Waals surface area contributed by atoms with Crippen molar-refractivity contribution in [2.45, 2.75) is 194 Å². The maximum atomic E-state index is 12.1. The lowest BCUT2D eigenvalue weighted by atomic mass is 10.0. The number of quaternary nitrogens is 3. The summed E-state index contributed by atoms with van der Waals surface area (Å²) < 4.78 is 45.2. The SMILES string of the molecule is CCCCCCCCCCCCCCCCS(CCCCCCCCCCCCCCCC)=P([O-])([O-])[S-].C[N+](C)(C)CCOP(=O)(O)O.C[N+](C)(C)CCOP(=O)(O)O.C[N+](C)(C)CCOP(=O)(O)O. The van der Waals surface area contributed by atoms with Crippen LogP contribution in [0.2, 0.25) is 0 Å². The van der Waals surface area contributed by atoms with Crippen LogP contribution in [0.1, 0.15) is 194 Å². The topological polar surface area (TPSA) is 246 Å². The zero-order valence-corrected chi connectivity index (χ0v) is 51.6. The van der Waals surface area contributed by atoms with Crippen LogP contribution in [-0.2, 0) is 49.6 Å². The lowest BCUT2D eigenvalue weighted by Gasteiger charge is -2.54. The van der Waals surface area contributed by atoms with Crippen LogP contribution in [0.5, 0.6) is 0 Å². The Bertz CT molecular complexity index is 1250. The summed E-state index contributed by atoms with van der Waals surface area (Å²) in [6, 6.07) is 0. The van der Waals surface area contributed by atoms with Crippen molar-refractivity contribution >= 4 is 51.5 Å². The van der Waals surface area contributed by atoms with Crippen LogP contribution in [0, 0.1) is 0 Å². The summed E-state index contributed by atoms with van der Waals surface area (Å²) >= 11 is 4.92. The molecule has 0 rings (SSSR count). The Kier molecular flexibility index (Phi) is 51.5. The van der Waals surface area contributed by atoms with Crippen LogP contribution in [-0.4, -0.2) is 157 Å². The van der Waals surface area contributed by atoms with Gasteiger partial charge in [0.1, 0.15) is 39.5 Å². The van der Waals surface area contributed by atoms with Gasteiger partial charge >= 0.3 is 23.5 Å². The third-order valence-electron chi connectivity index (χ3n) is 10.8. The molecule has 0 aromatic carbocycles. The monoisotopic (exact) mass is 1130 g/mol. The molecule has 0 unspecified atom stereocenters. The number of hydrogen-bond acceptors (Lipinski definition) is 9. The largest absolute Gasteiger partial charge is 0.854 e. The molecule has 0 amide bonds. The minimum atomic E-state index is -4.26. The Morgan fingerprint density at radius 1 is 0.371 bits per heavy atom. The third kappa shape index (κ3) is 80.6. The van der Waals surface area contributed by atoms with Crippen LogP contribution in [0.15, 0.2) is 0 Å². The van der Waals surface area contributed by atoms with Gasteiger partial charge in [-0.1, -0.05) is 181 Å². The van der Waals surface area contributed by atoms with E-state index < -0.39 is 39.2 Å². The van der Waals surface area contributed by atoms with Gasteiger partial charge in [-0.15, -0.1) is 0 Å². The third-order valence-corrected chi connectivity index (χ3v) is 19.4. The lowest BCUT2D eigenvalue weighted by molar-refractivity contribution is -0.870. The number of hydrogen-bond donors (Lipinski definition) is 6. The van der Waals surface area contributed by atoms with E-state index in [4.69, 9.17) is 41.6 Å². The van der Waals surface area contributed by atoms with Gasteiger partial charge in [0.15, 0.2) is 0 Å². The zero-order valence-electron chi connectivity index (χ0n) is 46.4. The highest BCUT2D eigenvalue weighted by molar-refractivity contribution is 8.57. The first-order valence-electron chi connectivity index (χ1n) is 26.4. The Morgan fingerprint density at radius 3 is 0.686 bits per heavy atom. The normalized spacial score (nSPS) is 12.8. The lowest BCUT2D eigenvalue weighted by Crippen LogP contribution is -2.37. The highest BCUT2D eigenvalue weighted by Crippen LogP contribution is 2.36.